The van der Waals surface area contributed by atoms with Crippen molar-refractivity contribution in [3.63, 3.8) is 0 Å². The van der Waals surface area contributed by atoms with E-state index in [0.717, 1.165) is 42.5 Å². The number of piperidine rings is 1. The van der Waals surface area contributed by atoms with E-state index in [1.807, 2.05) is 36.9 Å². The van der Waals surface area contributed by atoms with Crippen molar-refractivity contribution in [2.75, 3.05) is 25.0 Å². The van der Waals surface area contributed by atoms with Gasteiger partial charge in [-0.1, -0.05) is 18.2 Å². The van der Waals surface area contributed by atoms with Crippen LogP contribution < -0.4 is 5.32 Å². The van der Waals surface area contributed by atoms with E-state index in [4.69, 9.17) is 4.74 Å². The first-order valence-corrected chi connectivity index (χ1v) is 8.83. The molecule has 0 bridgehead atoms. The average molecular weight is 330 g/mol. The molecule has 0 aromatic heterocycles. The summed E-state index contributed by atoms with van der Waals surface area (Å²) in [5.74, 6) is 0.135. The number of amides is 2. The first-order valence-electron chi connectivity index (χ1n) is 8.83. The predicted octanol–water partition coefficient (Wildman–Crippen LogP) is 2.66. The Kier molecular flexibility index (Phi) is 5.19. The van der Waals surface area contributed by atoms with Crippen molar-refractivity contribution in [2.45, 2.75) is 45.6 Å². The maximum atomic E-state index is 12.6. The molecule has 130 valence electrons. The van der Waals surface area contributed by atoms with Crippen molar-refractivity contribution in [2.24, 2.45) is 5.92 Å². The molecule has 3 rings (SSSR count). The molecule has 0 radical (unpaired) electrons. The normalized spacial score (nSPS) is 21.8. The molecule has 2 saturated heterocycles. The number of hydrogen-bond acceptors (Lipinski definition) is 3. The van der Waals surface area contributed by atoms with Crippen molar-refractivity contribution >= 4 is 17.5 Å². The number of nitrogens with one attached hydrogen (secondary N) is 1. The number of nitrogens with zero attached hydrogens (tertiary/aromatic N) is 1. The molecule has 5 heteroatoms. The summed E-state index contributed by atoms with van der Waals surface area (Å²) in [6.45, 7) is 5.98. The molecule has 24 heavy (non-hydrogen) atoms. The Morgan fingerprint density at radius 1 is 1.12 bits per heavy atom. The molecule has 0 saturated carbocycles. The lowest BCUT2D eigenvalue weighted by Crippen LogP contribution is -2.45. The van der Waals surface area contributed by atoms with Crippen LogP contribution in [0.3, 0.4) is 0 Å². The van der Waals surface area contributed by atoms with Crippen LogP contribution in [0.15, 0.2) is 18.2 Å². The van der Waals surface area contributed by atoms with Crippen LogP contribution in [0, 0.1) is 19.8 Å². The topological polar surface area (TPSA) is 58.6 Å². The van der Waals surface area contributed by atoms with Crippen LogP contribution in [0.25, 0.3) is 0 Å². The van der Waals surface area contributed by atoms with E-state index in [0.29, 0.717) is 19.7 Å². The number of rotatable bonds is 3. The van der Waals surface area contributed by atoms with E-state index in [1.54, 1.807) is 0 Å². The summed E-state index contributed by atoms with van der Waals surface area (Å²) in [5, 5.41) is 3.08. The number of carbonyl (C=O) groups is 2. The van der Waals surface area contributed by atoms with Crippen LogP contribution >= 0.6 is 0 Å². The monoisotopic (exact) mass is 330 g/mol. The van der Waals surface area contributed by atoms with Gasteiger partial charge in [0.2, 0.25) is 5.91 Å². The van der Waals surface area contributed by atoms with Crippen molar-refractivity contribution in [1.29, 1.82) is 0 Å². The number of likely N-dealkylation sites (tertiary alicyclic amines) is 1. The van der Waals surface area contributed by atoms with E-state index in [-0.39, 0.29) is 23.8 Å². The standard InChI is InChI=1S/C19H26N2O3/c1-13-5-3-6-14(2)17(13)20-18(22)15-8-10-21(11-9-15)19(23)16-7-4-12-24-16/h3,5-6,15-16H,4,7-12H2,1-2H3,(H,20,22). The van der Waals surface area contributed by atoms with Gasteiger partial charge in [0.05, 0.1) is 0 Å². The summed E-state index contributed by atoms with van der Waals surface area (Å²) in [5.41, 5.74) is 3.07. The molecule has 1 atom stereocenters. The lowest BCUT2D eigenvalue weighted by molar-refractivity contribution is -0.143. The highest BCUT2D eigenvalue weighted by atomic mass is 16.5. The van der Waals surface area contributed by atoms with Gasteiger partial charge in [-0.15, -0.1) is 0 Å². The second-order valence-corrected chi connectivity index (χ2v) is 6.86. The number of para-hydroxylation sites is 1. The van der Waals surface area contributed by atoms with Gasteiger partial charge in [0.1, 0.15) is 6.10 Å². The molecule has 1 N–H and O–H groups in total. The molecule has 2 aliphatic heterocycles. The SMILES string of the molecule is Cc1cccc(C)c1NC(=O)C1CCN(C(=O)C2CCCO2)CC1. The van der Waals surface area contributed by atoms with Gasteiger partial charge in [-0.3, -0.25) is 9.59 Å². The highest BCUT2D eigenvalue weighted by Crippen LogP contribution is 2.25. The number of hydrogen-bond donors (Lipinski definition) is 1. The second kappa shape index (κ2) is 7.34. The molecule has 0 aliphatic carbocycles. The summed E-state index contributed by atoms with van der Waals surface area (Å²) < 4.78 is 5.48. The largest absolute Gasteiger partial charge is 0.368 e. The van der Waals surface area contributed by atoms with E-state index >= 15 is 0 Å². The molecular formula is C19H26N2O3. The fourth-order valence-electron chi connectivity index (χ4n) is 3.58. The Bertz CT molecular complexity index is 595. The third-order valence-electron chi connectivity index (χ3n) is 5.11. The van der Waals surface area contributed by atoms with Crippen LogP contribution in [0.5, 0.6) is 0 Å². The molecule has 2 fully saturated rings. The molecule has 0 spiro atoms. The fraction of sp³-hybridized carbons (Fsp3) is 0.579. The Morgan fingerprint density at radius 3 is 2.38 bits per heavy atom. The number of aryl methyl sites for hydroxylation is 2. The molecule has 2 aliphatic rings. The van der Waals surface area contributed by atoms with Crippen molar-refractivity contribution in [1.82, 2.24) is 4.90 Å². The summed E-state index contributed by atoms with van der Waals surface area (Å²) in [7, 11) is 0. The highest BCUT2D eigenvalue weighted by molar-refractivity contribution is 5.94. The average Bonchev–Trinajstić information content (AvgIpc) is 3.12. The van der Waals surface area contributed by atoms with Gasteiger partial charge in [0.25, 0.3) is 5.91 Å². The highest BCUT2D eigenvalue weighted by Gasteiger charge is 2.32. The fourth-order valence-corrected chi connectivity index (χ4v) is 3.58. The smallest absolute Gasteiger partial charge is 0.251 e. The van der Waals surface area contributed by atoms with E-state index in [2.05, 4.69) is 5.32 Å². The predicted molar refractivity (Wildman–Crippen MR) is 92.8 cm³/mol. The summed E-state index contributed by atoms with van der Waals surface area (Å²) in [6.07, 6.45) is 2.96. The Labute approximate surface area is 143 Å². The van der Waals surface area contributed by atoms with Gasteiger partial charge in [-0.05, 0) is 50.7 Å². The van der Waals surface area contributed by atoms with Gasteiger partial charge in [0, 0.05) is 31.3 Å². The van der Waals surface area contributed by atoms with Crippen LogP contribution in [-0.4, -0.2) is 42.5 Å². The molecule has 5 nitrogen and oxygen atoms in total. The van der Waals surface area contributed by atoms with Gasteiger partial charge in [0.15, 0.2) is 0 Å². The van der Waals surface area contributed by atoms with E-state index < -0.39 is 0 Å². The number of carbonyl (C=O) groups excluding carboxylic acids is 2. The second-order valence-electron chi connectivity index (χ2n) is 6.86. The quantitative estimate of drug-likeness (QED) is 0.927. The van der Waals surface area contributed by atoms with E-state index in [9.17, 15) is 9.59 Å². The Balaban J connectivity index is 1.54. The minimum atomic E-state index is -0.259. The third-order valence-corrected chi connectivity index (χ3v) is 5.11. The lowest BCUT2D eigenvalue weighted by Gasteiger charge is -2.32. The van der Waals surface area contributed by atoms with E-state index in [1.165, 1.54) is 0 Å². The summed E-state index contributed by atoms with van der Waals surface area (Å²) in [6, 6.07) is 6.01. The van der Waals surface area contributed by atoms with Gasteiger partial charge < -0.3 is 15.0 Å². The molecule has 1 aromatic rings. The summed E-state index contributed by atoms with van der Waals surface area (Å²) in [4.78, 5) is 26.8. The van der Waals surface area contributed by atoms with Crippen molar-refractivity contribution in [3.8, 4) is 0 Å². The Hall–Kier alpha value is -1.88. The van der Waals surface area contributed by atoms with Crippen molar-refractivity contribution in [3.05, 3.63) is 29.3 Å². The minimum absolute atomic E-state index is 0.0300. The molecule has 2 amide bonds. The van der Waals surface area contributed by atoms with Crippen molar-refractivity contribution < 1.29 is 14.3 Å². The molecule has 1 aromatic carbocycles. The lowest BCUT2D eigenvalue weighted by atomic mass is 9.95. The van der Waals surface area contributed by atoms with Crippen LogP contribution in [-0.2, 0) is 14.3 Å². The van der Waals surface area contributed by atoms with Gasteiger partial charge in [-0.2, -0.15) is 0 Å². The zero-order valence-electron chi connectivity index (χ0n) is 14.5. The molecule has 1 unspecified atom stereocenters. The van der Waals surface area contributed by atoms with Crippen LogP contribution in [0.1, 0.15) is 36.8 Å². The molecular weight excluding hydrogens is 304 g/mol. The maximum absolute atomic E-state index is 12.6. The zero-order chi connectivity index (χ0) is 17.1. The number of ether oxygens (including phenoxy) is 1. The summed E-state index contributed by atoms with van der Waals surface area (Å²) >= 11 is 0. The maximum Gasteiger partial charge on any atom is 0.251 e. The molecule has 2 heterocycles. The van der Waals surface area contributed by atoms with Crippen LogP contribution in [0.2, 0.25) is 0 Å². The number of anilines is 1. The third kappa shape index (κ3) is 3.61. The van der Waals surface area contributed by atoms with Crippen LogP contribution in [0.4, 0.5) is 5.69 Å². The Morgan fingerprint density at radius 2 is 1.79 bits per heavy atom. The first-order chi connectivity index (χ1) is 11.6. The zero-order valence-corrected chi connectivity index (χ0v) is 14.5. The first kappa shape index (κ1) is 17.0. The number of benzene rings is 1. The minimum Gasteiger partial charge on any atom is -0.368 e. The van der Waals surface area contributed by atoms with Gasteiger partial charge in [-0.25, -0.2) is 0 Å². The van der Waals surface area contributed by atoms with Gasteiger partial charge >= 0.3 is 0 Å².